The smallest absolute Gasteiger partial charge is 0.224 e. The molecule has 0 radical (unpaired) electrons. The number of morpholine rings is 1. The van der Waals surface area contributed by atoms with E-state index in [-0.39, 0.29) is 5.91 Å². The molecule has 1 amide bonds. The molecule has 2 atom stereocenters. The Labute approximate surface area is 142 Å². The molecule has 7 heteroatoms. The first-order chi connectivity index (χ1) is 11.6. The average molecular weight is 337 g/mol. The van der Waals surface area contributed by atoms with E-state index in [1.165, 1.54) is 0 Å². The summed E-state index contributed by atoms with van der Waals surface area (Å²) in [6.07, 6.45) is 1.37. The van der Waals surface area contributed by atoms with Crippen molar-refractivity contribution in [3.05, 3.63) is 17.0 Å². The van der Waals surface area contributed by atoms with Gasteiger partial charge in [-0.15, -0.1) is 0 Å². The minimum Gasteiger partial charge on any atom is -0.381 e. The van der Waals surface area contributed by atoms with E-state index in [9.17, 15) is 4.79 Å². The van der Waals surface area contributed by atoms with Crippen LogP contribution < -0.4 is 5.32 Å². The first-order valence-corrected chi connectivity index (χ1v) is 8.73. The molecular formula is C17H27N3O4. The van der Waals surface area contributed by atoms with Crippen molar-refractivity contribution in [3.8, 4) is 0 Å². The molecular weight excluding hydrogens is 310 g/mol. The zero-order valence-corrected chi connectivity index (χ0v) is 14.5. The summed E-state index contributed by atoms with van der Waals surface area (Å²) in [6.45, 7) is 9.31. The van der Waals surface area contributed by atoms with Crippen LogP contribution >= 0.6 is 0 Å². The van der Waals surface area contributed by atoms with Gasteiger partial charge in [-0.2, -0.15) is 0 Å². The van der Waals surface area contributed by atoms with Crippen molar-refractivity contribution in [1.82, 2.24) is 15.4 Å². The number of rotatable bonds is 6. The Morgan fingerprint density at radius 2 is 2.08 bits per heavy atom. The van der Waals surface area contributed by atoms with Gasteiger partial charge in [0.2, 0.25) is 5.91 Å². The number of nitrogens with one attached hydrogen (secondary N) is 1. The highest BCUT2D eigenvalue weighted by molar-refractivity contribution is 5.79. The van der Waals surface area contributed by atoms with Gasteiger partial charge in [0.05, 0.1) is 31.9 Å². The maximum Gasteiger partial charge on any atom is 0.224 e. The Morgan fingerprint density at radius 3 is 2.71 bits per heavy atom. The van der Waals surface area contributed by atoms with Crippen LogP contribution in [0.4, 0.5) is 0 Å². The molecule has 0 saturated carbocycles. The van der Waals surface area contributed by atoms with E-state index in [4.69, 9.17) is 14.0 Å². The number of amides is 1. The van der Waals surface area contributed by atoms with Gasteiger partial charge in [0.25, 0.3) is 0 Å². The van der Waals surface area contributed by atoms with E-state index in [2.05, 4.69) is 15.4 Å². The van der Waals surface area contributed by atoms with Crippen LogP contribution in [0.5, 0.6) is 0 Å². The Morgan fingerprint density at radius 1 is 1.29 bits per heavy atom. The summed E-state index contributed by atoms with van der Waals surface area (Å²) in [4.78, 5) is 14.8. The van der Waals surface area contributed by atoms with Gasteiger partial charge in [-0.3, -0.25) is 9.69 Å². The lowest BCUT2D eigenvalue weighted by molar-refractivity contribution is -0.121. The summed E-state index contributed by atoms with van der Waals surface area (Å²) < 4.78 is 16.1. The monoisotopic (exact) mass is 337 g/mol. The van der Waals surface area contributed by atoms with Crippen LogP contribution in [0.25, 0.3) is 0 Å². The van der Waals surface area contributed by atoms with Gasteiger partial charge in [0.15, 0.2) is 0 Å². The predicted octanol–water partition coefficient (Wildman–Crippen LogP) is 0.687. The third kappa shape index (κ3) is 4.15. The molecule has 1 N–H and O–H groups in total. The van der Waals surface area contributed by atoms with Gasteiger partial charge in [-0.05, 0) is 20.3 Å². The highest BCUT2D eigenvalue weighted by Crippen LogP contribution is 2.22. The molecule has 1 aromatic rings. The van der Waals surface area contributed by atoms with Gasteiger partial charge < -0.3 is 19.3 Å². The highest BCUT2D eigenvalue weighted by Gasteiger charge is 2.31. The van der Waals surface area contributed by atoms with E-state index in [0.717, 1.165) is 63.0 Å². The molecule has 134 valence electrons. The topological polar surface area (TPSA) is 76.8 Å². The second kappa shape index (κ2) is 8.09. The Bertz CT molecular complexity index is 529. The van der Waals surface area contributed by atoms with Gasteiger partial charge in [-0.25, -0.2) is 0 Å². The van der Waals surface area contributed by atoms with Crippen LogP contribution in [0.1, 0.15) is 23.4 Å². The van der Waals surface area contributed by atoms with E-state index >= 15 is 0 Å². The molecule has 3 heterocycles. The molecule has 0 aromatic carbocycles. The molecule has 3 rings (SSSR count). The van der Waals surface area contributed by atoms with E-state index in [1.54, 1.807) is 0 Å². The first-order valence-electron chi connectivity index (χ1n) is 8.73. The van der Waals surface area contributed by atoms with Crippen molar-refractivity contribution < 1.29 is 18.8 Å². The lowest BCUT2D eigenvalue weighted by atomic mass is 9.96. The fourth-order valence-corrected chi connectivity index (χ4v) is 3.55. The summed E-state index contributed by atoms with van der Waals surface area (Å²) in [5.74, 6) is 1.21. The maximum absolute atomic E-state index is 12.4. The summed E-state index contributed by atoms with van der Waals surface area (Å²) in [6, 6.07) is 0.310. The fourth-order valence-electron chi connectivity index (χ4n) is 3.55. The van der Waals surface area contributed by atoms with Gasteiger partial charge >= 0.3 is 0 Å². The Kier molecular flexibility index (Phi) is 5.86. The maximum atomic E-state index is 12.4. The Balaban J connectivity index is 1.57. The predicted molar refractivity (Wildman–Crippen MR) is 87.8 cm³/mol. The van der Waals surface area contributed by atoms with Crippen LogP contribution in [0, 0.1) is 19.8 Å². The molecule has 2 fully saturated rings. The third-order valence-corrected chi connectivity index (χ3v) is 5.05. The van der Waals surface area contributed by atoms with Crippen molar-refractivity contribution in [2.24, 2.45) is 5.92 Å². The molecule has 2 saturated heterocycles. The van der Waals surface area contributed by atoms with Gasteiger partial charge in [0, 0.05) is 43.8 Å². The molecule has 24 heavy (non-hydrogen) atoms. The minimum absolute atomic E-state index is 0.0153. The molecule has 1 aromatic heterocycles. The van der Waals surface area contributed by atoms with Crippen LogP contribution in [-0.4, -0.2) is 68.1 Å². The largest absolute Gasteiger partial charge is 0.381 e. The van der Waals surface area contributed by atoms with E-state index < -0.39 is 0 Å². The first kappa shape index (κ1) is 17.4. The number of carbonyl (C=O) groups is 1. The third-order valence-electron chi connectivity index (χ3n) is 5.05. The molecule has 0 bridgehead atoms. The zero-order valence-electron chi connectivity index (χ0n) is 14.5. The standard InChI is InChI=1S/C17H27N3O4/c1-12-15(13(2)24-19-12)9-17(21)18-10-16(14-3-6-23-11-14)20-4-7-22-8-5-20/h14,16H,3-11H2,1-2H3,(H,18,21). The molecule has 2 aliphatic heterocycles. The van der Waals surface area contributed by atoms with Crippen LogP contribution in [-0.2, 0) is 20.7 Å². The number of aromatic nitrogens is 1. The molecule has 7 nitrogen and oxygen atoms in total. The van der Waals surface area contributed by atoms with E-state index in [1.807, 2.05) is 13.8 Å². The summed E-state index contributed by atoms with van der Waals surface area (Å²) in [5, 5.41) is 7.01. The van der Waals surface area contributed by atoms with Crippen molar-refractivity contribution in [1.29, 1.82) is 0 Å². The zero-order chi connectivity index (χ0) is 16.9. The van der Waals surface area contributed by atoms with Crippen molar-refractivity contribution in [2.45, 2.75) is 32.7 Å². The Hall–Kier alpha value is -1.44. The fraction of sp³-hybridized carbons (Fsp3) is 0.765. The molecule has 0 spiro atoms. The summed E-state index contributed by atoms with van der Waals surface area (Å²) >= 11 is 0. The van der Waals surface area contributed by atoms with Crippen LogP contribution in [0.2, 0.25) is 0 Å². The van der Waals surface area contributed by atoms with Crippen molar-refractivity contribution >= 4 is 5.91 Å². The quantitative estimate of drug-likeness (QED) is 0.823. The summed E-state index contributed by atoms with van der Waals surface area (Å²) in [7, 11) is 0. The second-order valence-electron chi connectivity index (χ2n) is 6.62. The number of ether oxygens (including phenoxy) is 2. The van der Waals surface area contributed by atoms with Gasteiger partial charge in [-0.1, -0.05) is 5.16 Å². The molecule has 0 aliphatic carbocycles. The second-order valence-corrected chi connectivity index (χ2v) is 6.62. The normalized spacial score (nSPS) is 23.3. The van der Waals surface area contributed by atoms with Crippen molar-refractivity contribution in [2.75, 3.05) is 46.1 Å². The minimum atomic E-state index is 0.0153. The molecule has 2 unspecified atom stereocenters. The van der Waals surface area contributed by atoms with Gasteiger partial charge in [0.1, 0.15) is 5.76 Å². The van der Waals surface area contributed by atoms with Crippen molar-refractivity contribution in [3.63, 3.8) is 0 Å². The number of hydrogen-bond donors (Lipinski definition) is 1. The number of hydrogen-bond acceptors (Lipinski definition) is 6. The number of carbonyl (C=O) groups excluding carboxylic acids is 1. The SMILES string of the molecule is Cc1noc(C)c1CC(=O)NCC(C1CCOC1)N1CCOCC1. The average Bonchev–Trinajstić information content (AvgIpc) is 3.22. The summed E-state index contributed by atoms with van der Waals surface area (Å²) in [5.41, 5.74) is 1.68. The lowest BCUT2D eigenvalue weighted by Gasteiger charge is -2.37. The van der Waals surface area contributed by atoms with E-state index in [0.29, 0.717) is 24.9 Å². The number of aryl methyl sites for hydroxylation is 2. The highest BCUT2D eigenvalue weighted by atomic mass is 16.5. The molecule has 2 aliphatic rings. The van der Waals surface area contributed by atoms with Crippen LogP contribution in [0.15, 0.2) is 4.52 Å². The lowest BCUT2D eigenvalue weighted by Crippen LogP contribution is -2.52. The van der Waals surface area contributed by atoms with Crippen LogP contribution in [0.3, 0.4) is 0 Å². The number of nitrogens with zero attached hydrogens (tertiary/aromatic N) is 2.